The molecule has 0 spiro atoms. The highest BCUT2D eigenvalue weighted by Crippen LogP contribution is 2.22. The van der Waals surface area contributed by atoms with E-state index in [9.17, 15) is 13.6 Å². The Hall–Kier alpha value is -2.15. The summed E-state index contributed by atoms with van der Waals surface area (Å²) in [6.45, 7) is 0.0140. The fraction of sp³-hybridized carbons (Fsp3) is 0.286. The molecule has 5 nitrogen and oxygen atoms in total. The molecule has 0 saturated carbocycles. The summed E-state index contributed by atoms with van der Waals surface area (Å²) >= 11 is 5.63. The van der Waals surface area contributed by atoms with E-state index < -0.39 is 11.6 Å². The van der Waals surface area contributed by atoms with Crippen molar-refractivity contribution >= 4 is 23.2 Å². The fourth-order valence-corrected chi connectivity index (χ4v) is 1.92. The molecule has 0 aliphatic heterocycles. The van der Waals surface area contributed by atoms with E-state index in [1.165, 1.54) is 21.8 Å². The number of carbonyl (C=O) groups is 1. The highest BCUT2D eigenvalue weighted by Gasteiger charge is 2.13. The molecule has 2 aromatic rings. The minimum atomic E-state index is -0.788. The third kappa shape index (κ3) is 3.73. The Morgan fingerprint density at radius 2 is 2.14 bits per heavy atom. The second kappa shape index (κ2) is 6.74. The first kappa shape index (κ1) is 16.2. The number of benzene rings is 1. The van der Waals surface area contributed by atoms with Crippen LogP contribution in [0.15, 0.2) is 24.5 Å². The molecule has 0 unspecified atom stereocenters. The van der Waals surface area contributed by atoms with Crippen LogP contribution in [0.3, 0.4) is 0 Å². The van der Waals surface area contributed by atoms with Gasteiger partial charge in [0.1, 0.15) is 18.2 Å². The molecule has 1 aromatic carbocycles. The smallest absolute Gasteiger partial charge is 0.243 e. The summed E-state index contributed by atoms with van der Waals surface area (Å²) in [6.07, 6.45) is 3.06. The zero-order chi connectivity index (χ0) is 16.3. The van der Waals surface area contributed by atoms with Crippen molar-refractivity contribution in [3.8, 4) is 0 Å². The highest BCUT2D eigenvalue weighted by molar-refractivity contribution is 6.30. The maximum Gasteiger partial charge on any atom is 0.243 e. The summed E-state index contributed by atoms with van der Waals surface area (Å²) < 4.78 is 28.8. The van der Waals surface area contributed by atoms with Crippen LogP contribution in [0.1, 0.15) is 5.56 Å². The molecular weight excluding hydrogens is 314 g/mol. The van der Waals surface area contributed by atoms with Gasteiger partial charge < -0.3 is 10.2 Å². The number of rotatable bonds is 5. The monoisotopic (exact) mass is 328 g/mol. The molecule has 0 aliphatic carbocycles. The quantitative estimate of drug-likeness (QED) is 0.858. The van der Waals surface area contributed by atoms with Crippen molar-refractivity contribution in [1.29, 1.82) is 0 Å². The average Bonchev–Trinajstić information content (AvgIpc) is 2.90. The van der Waals surface area contributed by atoms with Crippen molar-refractivity contribution in [2.45, 2.75) is 13.1 Å². The Kier molecular flexibility index (Phi) is 4.97. The SMILES string of the molecule is CN(C)C(=O)Cn1cc(NCc2c(F)ccc(Cl)c2F)cn1. The van der Waals surface area contributed by atoms with Gasteiger partial charge in [-0.25, -0.2) is 8.78 Å². The Balaban J connectivity index is 2.03. The topological polar surface area (TPSA) is 50.2 Å². The molecule has 8 heteroatoms. The van der Waals surface area contributed by atoms with Gasteiger partial charge in [-0.3, -0.25) is 9.48 Å². The minimum Gasteiger partial charge on any atom is -0.378 e. The molecule has 0 radical (unpaired) electrons. The van der Waals surface area contributed by atoms with Crippen LogP contribution in [0.25, 0.3) is 0 Å². The minimum absolute atomic E-state index is 0.0778. The lowest BCUT2D eigenvalue weighted by atomic mass is 10.2. The van der Waals surface area contributed by atoms with Crippen LogP contribution >= 0.6 is 11.6 Å². The van der Waals surface area contributed by atoms with E-state index in [1.54, 1.807) is 20.3 Å². The van der Waals surface area contributed by atoms with Gasteiger partial charge in [0.2, 0.25) is 5.91 Å². The number of aromatic nitrogens is 2. The molecular formula is C14H15ClF2N4O. The van der Waals surface area contributed by atoms with Gasteiger partial charge in [0.05, 0.1) is 16.9 Å². The summed E-state index contributed by atoms with van der Waals surface area (Å²) in [5.41, 5.74) is 0.398. The predicted molar refractivity (Wildman–Crippen MR) is 79.6 cm³/mol. The zero-order valence-corrected chi connectivity index (χ0v) is 12.9. The van der Waals surface area contributed by atoms with Gasteiger partial charge in [-0.1, -0.05) is 11.6 Å². The molecule has 0 bridgehead atoms. The second-order valence-corrected chi connectivity index (χ2v) is 5.30. The van der Waals surface area contributed by atoms with Crippen molar-refractivity contribution in [2.24, 2.45) is 0 Å². The normalized spacial score (nSPS) is 10.6. The van der Waals surface area contributed by atoms with Gasteiger partial charge >= 0.3 is 0 Å². The first-order chi connectivity index (χ1) is 10.4. The molecule has 0 aliphatic rings. The average molecular weight is 329 g/mol. The maximum absolute atomic E-state index is 13.7. The lowest BCUT2D eigenvalue weighted by molar-refractivity contribution is -0.129. The van der Waals surface area contributed by atoms with Crippen molar-refractivity contribution in [3.63, 3.8) is 0 Å². The number of hydrogen-bond donors (Lipinski definition) is 1. The molecule has 22 heavy (non-hydrogen) atoms. The first-order valence-electron chi connectivity index (χ1n) is 6.47. The van der Waals surface area contributed by atoms with Crippen molar-refractivity contribution < 1.29 is 13.6 Å². The molecule has 0 atom stereocenters. The number of nitrogens with zero attached hydrogens (tertiary/aromatic N) is 3. The molecule has 1 amide bonds. The largest absolute Gasteiger partial charge is 0.378 e. The van der Waals surface area contributed by atoms with Crippen LogP contribution in [-0.2, 0) is 17.9 Å². The lowest BCUT2D eigenvalue weighted by Gasteiger charge is -2.09. The number of amides is 1. The summed E-state index contributed by atoms with van der Waals surface area (Å²) in [5.74, 6) is -1.57. The van der Waals surface area contributed by atoms with E-state index in [4.69, 9.17) is 11.6 Å². The van der Waals surface area contributed by atoms with Gasteiger partial charge in [-0.2, -0.15) is 5.10 Å². The van der Waals surface area contributed by atoms with Crippen LogP contribution in [0.2, 0.25) is 5.02 Å². The number of nitrogens with one attached hydrogen (secondary N) is 1. The van der Waals surface area contributed by atoms with E-state index in [1.807, 2.05) is 0 Å². The fourth-order valence-electron chi connectivity index (χ4n) is 1.74. The Morgan fingerprint density at radius 3 is 2.82 bits per heavy atom. The van der Waals surface area contributed by atoms with E-state index >= 15 is 0 Å². The number of carbonyl (C=O) groups excluding carboxylic acids is 1. The predicted octanol–water partition coefficient (Wildman–Crippen LogP) is 2.52. The van der Waals surface area contributed by atoms with Crippen LogP contribution in [0.5, 0.6) is 0 Å². The molecule has 1 heterocycles. The molecule has 0 fully saturated rings. The Labute approximate surface area is 131 Å². The highest BCUT2D eigenvalue weighted by atomic mass is 35.5. The van der Waals surface area contributed by atoms with Crippen molar-refractivity contribution in [3.05, 3.63) is 46.7 Å². The standard InChI is InChI=1S/C14H15ClF2N4O/c1-20(2)13(22)8-21-7-9(5-19-21)18-6-10-12(16)4-3-11(15)14(10)17/h3-5,7,18H,6,8H2,1-2H3. The van der Waals surface area contributed by atoms with Crippen molar-refractivity contribution in [1.82, 2.24) is 14.7 Å². The summed E-state index contributed by atoms with van der Waals surface area (Å²) in [6, 6.07) is 2.28. The third-order valence-electron chi connectivity index (χ3n) is 3.04. The summed E-state index contributed by atoms with van der Waals surface area (Å²) in [4.78, 5) is 13.0. The van der Waals surface area contributed by atoms with Gasteiger partial charge in [0, 0.05) is 32.4 Å². The first-order valence-corrected chi connectivity index (χ1v) is 6.85. The summed E-state index contributed by atoms with van der Waals surface area (Å²) in [5, 5.41) is 6.72. The number of anilines is 1. The molecule has 1 N–H and O–H groups in total. The van der Waals surface area contributed by atoms with Crippen LogP contribution in [-0.4, -0.2) is 34.7 Å². The van der Waals surface area contributed by atoms with E-state index in [-0.39, 0.29) is 29.6 Å². The molecule has 118 valence electrons. The maximum atomic E-state index is 13.7. The summed E-state index contributed by atoms with van der Waals surface area (Å²) in [7, 11) is 3.30. The Bertz CT molecular complexity index is 687. The lowest BCUT2D eigenvalue weighted by Crippen LogP contribution is -2.26. The van der Waals surface area contributed by atoms with E-state index in [2.05, 4.69) is 10.4 Å². The van der Waals surface area contributed by atoms with Crippen LogP contribution in [0.4, 0.5) is 14.5 Å². The molecule has 0 saturated heterocycles. The Morgan fingerprint density at radius 1 is 1.41 bits per heavy atom. The van der Waals surface area contributed by atoms with Gasteiger partial charge in [-0.15, -0.1) is 0 Å². The molecule has 1 aromatic heterocycles. The van der Waals surface area contributed by atoms with Crippen molar-refractivity contribution in [2.75, 3.05) is 19.4 Å². The zero-order valence-electron chi connectivity index (χ0n) is 12.1. The molecule has 2 rings (SSSR count). The van der Waals surface area contributed by atoms with E-state index in [0.29, 0.717) is 5.69 Å². The van der Waals surface area contributed by atoms with Gasteiger partial charge in [0.25, 0.3) is 0 Å². The van der Waals surface area contributed by atoms with Gasteiger partial charge in [-0.05, 0) is 12.1 Å². The number of halogens is 3. The second-order valence-electron chi connectivity index (χ2n) is 4.89. The third-order valence-corrected chi connectivity index (χ3v) is 3.33. The van der Waals surface area contributed by atoms with E-state index in [0.717, 1.165) is 6.07 Å². The number of likely N-dealkylation sites (N-methyl/N-ethyl adjacent to an activating group) is 1. The van der Waals surface area contributed by atoms with Gasteiger partial charge in [0.15, 0.2) is 0 Å². The van der Waals surface area contributed by atoms with Crippen LogP contribution in [0, 0.1) is 11.6 Å². The van der Waals surface area contributed by atoms with Crippen LogP contribution < -0.4 is 5.32 Å². The number of hydrogen-bond acceptors (Lipinski definition) is 3.